The third kappa shape index (κ3) is 4.32. The van der Waals surface area contributed by atoms with Gasteiger partial charge in [0.2, 0.25) is 5.75 Å². The van der Waals surface area contributed by atoms with Crippen molar-refractivity contribution in [2.45, 2.75) is 6.42 Å². The average Bonchev–Trinajstić information content (AvgIpc) is 2.86. The fourth-order valence-electron chi connectivity index (χ4n) is 3.98. The van der Waals surface area contributed by atoms with E-state index in [1.165, 1.54) is 12.0 Å². The minimum Gasteiger partial charge on any atom is -0.493 e. The molecule has 0 spiro atoms. The molecule has 1 aliphatic rings. The highest BCUT2D eigenvalue weighted by Crippen LogP contribution is 2.40. The molecule has 1 aliphatic heterocycles. The molecule has 33 heavy (non-hydrogen) atoms. The highest BCUT2D eigenvalue weighted by Gasteiger charge is 2.34. The predicted octanol–water partition coefficient (Wildman–Crippen LogP) is 4.48. The first-order valence-corrected chi connectivity index (χ1v) is 10.6. The molecule has 1 heterocycles. The Balaban J connectivity index is 1.77. The van der Waals surface area contributed by atoms with Crippen molar-refractivity contribution in [3.63, 3.8) is 0 Å². The first-order chi connectivity index (χ1) is 16.1. The largest absolute Gasteiger partial charge is 0.493 e. The molecule has 0 saturated carbocycles. The first kappa shape index (κ1) is 22.1. The second kappa shape index (κ2) is 9.61. The second-order valence-corrected chi connectivity index (χ2v) is 7.56. The maximum atomic E-state index is 13.5. The monoisotopic (exact) mass is 443 g/mol. The van der Waals surface area contributed by atoms with Crippen molar-refractivity contribution in [1.29, 1.82) is 0 Å². The molecular weight excluding hydrogens is 418 g/mol. The predicted molar refractivity (Wildman–Crippen MR) is 127 cm³/mol. The van der Waals surface area contributed by atoms with Gasteiger partial charge in [0.1, 0.15) is 0 Å². The Hall–Kier alpha value is -4.06. The van der Waals surface area contributed by atoms with Crippen LogP contribution in [-0.2, 0) is 11.2 Å². The summed E-state index contributed by atoms with van der Waals surface area (Å²) in [5.74, 6) is 0.823. The van der Waals surface area contributed by atoms with Gasteiger partial charge in [-0.2, -0.15) is 0 Å². The highest BCUT2D eigenvalue weighted by molar-refractivity contribution is 6.33. The van der Waals surface area contributed by atoms with Crippen molar-refractivity contribution in [3.05, 3.63) is 89.0 Å². The summed E-state index contributed by atoms with van der Waals surface area (Å²) in [6.45, 7) is 0.294. The van der Waals surface area contributed by atoms with Gasteiger partial charge in [-0.05, 0) is 47.4 Å². The molecule has 4 rings (SSSR count). The Morgan fingerprint density at radius 3 is 1.97 bits per heavy atom. The quantitative estimate of drug-likeness (QED) is 0.398. The lowest BCUT2D eigenvalue weighted by molar-refractivity contribution is -0.122. The number of amides is 2. The van der Waals surface area contributed by atoms with Crippen LogP contribution in [0.4, 0.5) is 0 Å². The number of rotatable bonds is 7. The number of benzene rings is 3. The number of imide groups is 1. The van der Waals surface area contributed by atoms with Crippen LogP contribution in [0.3, 0.4) is 0 Å². The number of fused-ring (bicyclic) bond motifs is 1. The Kier molecular flexibility index (Phi) is 6.45. The van der Waals surface area contributed by atoms with Gasteiger partial charge in [0.05, 0.1) is 21.3 Å². The summed E-state index contributed by atoms with van der Waals surface area (Å²) in [4.78, 5) is 28.0. The molecule has 0 bridgehead atoms. The van der Waals surface area contributed by atoms with Gasteiger partial charge in [-0.3, -0.25) is 14.5 Å². The molecule has 2 amide bonds. The van der Waals surface area contributed by atoms with Gasteiger partial charge in [0.15, 0.2) is 11.5 Å². The summed E-state index contributed by atoms with van der Waals surface area (Å²) in [6.07, 6.45) is 2.34. The SMILES string of the molecule is COc1cc(C=C2C(=O)N(CCc3ccccc3)C(=O)c3ccccc32)cc(OC)c1OC. The van der Waals surface area contributed by atoms with Crippen LogP contribution >= 0.6 is 0 Å². The Morgan fingerprint density at radius 1 is 0.758 bits per heavy atom. The van der Waals surface area contributed by atoms with Crippen LogP contribution in [0.25, 0.3) is 11.6 Å². The molecule has 0 atom stereocenters. The van der Waals surface area contributed by atoms with E-state index >= 15 is 0 Å². The van der Waals surface area contributed by atoms with E-state index < -0.39 is 0 Å². The standard InChI is InChI=1S/C27H25NO5/c1-31-23-16-19(17-24(32-2)25(23)33-3)15-22-20-11-7-8-12-21(20)26(29)28(27(22)30)14-13-18-9-5-4-6-10-18/h4-12,15-17H,13-14H2,1-3H3. The van der Waals surface area contributed by atoms with Crippen LogP contribution in [0.15, 0.2) is 66.7 Å². The van der Waals surface area contributed by atoms with Crippen molar-refractivity contribution >= 4 is 23.5 Å². The summed E-state index contributed by atoms with van der Waals surface area (Å²) in [5, 5.41) is 0. The van der Waals surface area contributed by atoms with Crippen molar-refractivity contribution in [2.24, 2.45) is 0 Å². The summed E-state index contributed by atoms with van der Waals surface area (Å²) in [6, 6.07) is 20.5. The molecule has 0 saturated heterocycles. The molecule has 0 fully saturated rings. The lowest BCUT2D eigenvalue weighted by Gasteiger charge is -2.29. The smallest absolute Gasteiger partial charge is 0.261 e. The van der Waals surface area contributed by atoms with Crippen molar-refractivity contribution in [3.8, 4) is 17.2 Å². The van der Waals surface area contributed by atoms with Crippen LogP contribution < -0.4 is 14.2 Å². The molecule has 0 aliphatic carbocycles. The number of hydrogen-bond acceptors (Lipinski definition) is 5. The van der Waals surface area contributed by atoms with Crippen LogP contribution in [0.2, 0.25) is 0 Å². The van der Waals surface area contributed by atoms with E-state index in [2.05, 4.69) is 0 Å². The van der Waals surface area contributed by atoms with Crippen molar-refractivity contribution in [1.82, 2.24) is 4.90 Å². The van der Waals surface area contributed by atoms with E-state index in [0.29, 0.717) is 52.5 Å². The van der Waals surface area contributed by atoms with E-state index in [4.69, 9.17) is 14.2 Å². The van der Waals surface area contributed by atoms with Gasteiger partial charge in [-0.25, -0.2) is 0 Å². The lowest BCUT2D eigenvalue weighted by Crippen LogP contribution is -2.42. The molecule has 0 aromatic heterocycles. The second-order valence-electron chi connectivity index (χ2n) is 7.56. The average molecular weight is 443 g/mol. The van der Waals surface area contributed by atoms with Gasteiger partial charge in [0, 0.05) is 17.7 Å². The molecule has 0 unspecified atom stereocenters. The van der Waals surface area contributed by atoms with Crippen LogP contribution in [0, 0.1) is 0 Å². The zero-order valence-electron chi connectivity index (χ0n) is 18.8. The maximum absolute atomic E-state index is 13.5. The Bertz CT molecular complexity index is 1190. The molecule has 0 radical (unpaired) electrons. The van der Waals surface area contributed by atoms with Crippen LogP contribution in [0.1, 0.15) is 27.0 Å². The summed E-state index contributed by atoms with van der Waals surface area (Å²) in [7, 11) is 4.62. The highest BCUT2D eigenvalue weighted by atomic mass is 16.5. The van der Waals surface area contributed by atoms with Crippen LogP contribution in [-0.4, -0.2) is 44.6 Å². The van der Waals surface area contributed by atoms with E-state index in [9.17, 15) is 9.59 Å². The minimum absolute atomic E-state index is 0.284. The normalized spacial score (nSPS) is 14.3. The summed E-state index contributed by atoms with van der Waals surface area (Å²) >= 11 is 0. The Labute approximate surface area is 193 Å². The van der Waals surface area contributed by atoms with E-state index in [0.717, 1.165) is 5.56 Å². The van der Waals surface area contributed by atoms with Crippen molar-refractivity contribution in [2.75, 3.05) is 27.9 Å². The van der Waals surface area contributed by atoms with Gasteiger partial charge in [-0.15, -0.1) is 0 Å². The maximum Gasteiger partial charge on any atom is 0.261 e. The number of hydrogen-bond donors (Lipinski definition) is 0. The number of nitrogens with zero attached hydrogens (tertiary/aromatic N) is 1. The minimum atomic E-state index is -0.330. The zero-order chi connectivity index (χ0) is 23.4. The third-order valence-corrected chi connectivity index (χ3v) is 5.63. The number of carbonyl (C=O) groups excluding carboxylic acids is 2. The topological polar surface area (TPSA) is 65.1 Å². The number of methoxy groups -OCH3 is 3. The third-order valence-electron chi connectivity index (χ3n) is 5.63. The molecule has 3 aromatic rings. The summed E-state index contributed by atoms with van der Waals surface area (Å²) < 4.78 is 16.3. The number of carbonyl (C=O) groups is 2. The fourth-order valence-corrected chi connectivity index (χ4v) is 3.98. The van der Waals surface area contributed by atoms with Gasteiger partial charge in [0.25, 0.3) is 11.8 Å². The van der Waals surface area contributed by atoms with E-state index in [-0.39, 0.29) is 11.8 Å². The van der Waals surface area contributed by atoms with E-state index in [1.54, 1.807) is 50.6 Å². The zero-order valence-corrected chi connectivity index (χ0v) is 18.8. The first-order valence-electron chi connectivity index (χ1n) is 10.6. The molecule has 6 heteroatoms. The molecular formula is C27H25NO5. The molecule has 3 aromatic carbocycles. The molecule has 0 N–H and O–H groups in total. The summed E-state index contributed by atoms with van der Waals surface area (Å²) in [5.41, 5.74) is 3.31. The lowest BCUT2D eigenvalue weighted by atomic mass is 9.91. The van der Waals surface area contributed by atoms with Crippen molar-refractivity contribution < 1.29 is 23.8 Å². The van der Waals surface area contributed by atoms with Gasteiger partial charge in [-0.1, -0.05) is 48.5 Å². The van der Waals surface area contributed by atoms with E-state index in [1.807, 2.05) is 36.4 Å². The molecule has 168 valence electrons. The van der Waals surface area contributed by atoms with Gasteiger partial charge >= 0.3 is 0 Å². The Morgan fingerprint density at radius 2 is 1.36 bits per heavy atom. The molecule has 6 nitrogen and oxygen atoms in total. The van der Waals surface area contributed by atoms with Crippen LogP contribution in [0.5, 0.6) is 17.2 Å². The fraction of sp³-hybridized carbons (Fsp3) is 0.185. The number of ether oxygens (including phenoxy) is 3. The van der Waals surface area contributed by atoms with Gasteiger partial charge < -0.3 is 14.2 Å².